The number of carbonyl (C=O) groups is 2. The number of ketones is 1. The van der Waals surface area contributed by atoms with Gasteiger partial charge in [0.2, 0.25) is 0 Å². The predicted octanol–water partition coefficient (Wildman–Crippen LogP) is 3.39. The quantitative estimate of drug-likeness (QED) is 0.617. The van der Waals surface area contributed by atoms with Crippen molar-refractivity contribution < 1.29 is 9.59 Å². The van der Waals surface area contributed by atoms with E-state index < -0.39 is 5.41 Å². The molecule has 2 heteroatoms. The third-order valence-corrected chi connectivity index (χ3v) is 3.22. The number of benzene rings is 2. The average Bonchev–Trinajstić information content (AvgIpc) is 2.47. The van der Waals surface area contributed by atoms with E-state index in [1.807, 2.05) is 44.2 Å². The standard InChI is InChI=1S/C17H16O2/c1-17(2,12-18)15-10-8-14(9-11-15)16(19)13-6-4-3-5-7-13/h3-12H,1-2H3. The van der Waals surface area contributed by atoms with E-state index in [4.69, 9.17) is 0 Å². The fraction of sp³-hybridized carbons (Fsp3) is 0.176. The van der Waals surface area contributed by atoms with Crippen molar-refractivity contribution in [1.29, 1.82) is 0 Å². The van der Waals surface area contributed by atoms with Gasteiger partial charge in [0.05, 0.1) is 0 Å². The molecule has 0 aliphatic rings. The van der Waals surface area contributed by atoms with E-state index in [2.05, 4.69) is 0 Å². The summed E-state index contributed by atoms with van der Waals surface area (Å²) in [5.41, 5.74) is 1.70. The summed E-state index contributed by atoms with van der Waals surface area (Å²) in [6.45, 7) is 3.71. The van der Waals surface area contributed by atoms with Crippen LogP contribution in [0.25, 0.3) is 0 Å². The Kier molecular flexibility index (Phi) is 3.61. The summed E-state index contributed by atoms with van der Waals surface area (Å²) in [5.74, 6) is -0.00365. The molecule has 0 aliphatic carbocycles. The summed E-state index contributed by atoms with van der Waals surface area (Å²) >= 11 is 0. The minimum Gasteiger partial charge on any atom is -0.302 e. The highest BCUT2D eigenvalue weighted by molar-refractivity contribution is 6.08. The van der Waals surface area contributed by atoms with Crippen LogP contribution in [0.1, 0.15) is 35.3 Å². The highest BCUT2D eigenvalue weighted by atomic mass is 16.1. The normalized spacial score (nSPS) is 11.1. The van der Waals surface area contributed by atoms with Gasteiger partial charge in [-0.1, -0.05) is 54.6 Å². The summed E-state index contributed by atoms with van der Waals surface area (Å²) in [4.78, 5) is 23.2. The van der Waals surface area contributed by atoms with Crippen molar-refractivity contribution in [2.24, 2.45) is 0 Å². The summed E-state index contributed by atoms with van der Waals surface area (Å²) in [6, 6.07) is 16.4. The SMILES string of the molecule is CC(C)(C=O)c1ccc(C(=O)c2ccccc2)cc1. The molecule has 0 aliphatic heterocycles. The van der Waals surface area contributed by atoms with Crippen LogP contribution in [0.3, 0.4) is 0 Å². The second kappa shape index (κ2) is 5.19. The van der Waals surface area contributed by atoms with Gasteiger partial charge >= 0.3 is 0 Å². The maximum atomic E-state index is 12.2. The Morgan fingerprint density at radius 1 is 0.895 bits per heavy atom. The lowest BCUT2D eigenvalue weighted by atomic mass is 9.85. The molecule has 0 amide bonds. The molecule has 0 atom stereocenters. The lowest BCUT2D eigenvalue weighted by molar-refractivity contribution is -0.111. The molecule has 2 aromatic carbocycles. The van der Waals surface area contributed by atoms with Crippen LogP contribution in [0.5, 0.6) is 0 Å². The molecule has 2 nitrogen and oxygen atoms in total. The monoisotopic (exact) mass is 252 g/mol. The summed E-state index contributed by atoms with van der Waals surface area (Å²) in [6.07, 6.45) is 0.918. The van der Waals surface area contributed by atoms with Crippen molar-refractivity contribution in [1.82, 2.24) is 0 Å². The Hall–Kier alpha value is -2.22. The smallest absolute Gasteiger partial charge is 0.193 e. The number of rotatable bonds is 4. The fourth-order valence-corrected chi connectivity index (χ4v) is 1.88. The molecule has 0 radical (unpaired) electrons. The van der Waals surface area contributed by atoms with Crippen molar-refractivity contribution in [2.45, 2.75) is 19.3 Å². The summed E-state index contributed by atoms with van der Waals surface area (Å²) < 4.78 is 0. The Labute approximate surface area is 113 Å². The molecule has 2 rings (SSSR count). The van der Waals surface area contributed by atoms with Gasteiger partial charge in [0.25, 0.3) is 0 Å². The van der Waals surface area contributed by atoms with Gasteiger partial charge in [-0.2, -0.15) is 0 Å². The van der Waals surface area contributed by atoms with Gasteiger partial charge < -0.3 is 4.79 Å². The van der Waals surface area contributed by atoms with Crippen LogP contribution < -0.4 is 0 Å². The zero-order valence-electron chi connectivity index (χ0n) is 11.1. The fourth-order valence-electron chi connectivity index (χ4n) is 1.88. The predicted molar refractivity (Wildman–Crippen MR) is 75.4 cm³/mol. The molecule has 0 N–H and O–H groups in total. The minimum atomic E-state index is -0.520. The highest BCUT2D eigenvalue weighted by Gasteiger charge is 2.19. The molecule has 0 unspecified atom stereocenters. The molecule has 2 aromatic rings. The third-order valence-electron chi connectivity index (χ3n) is 3.22. The molecular weight excluding hydrogens is 236 g/mol. The van der Waals surface area contributed by atoms with E-state index in [0.29, 0.717) is 11.1 Å². The lowest BCUT2D eigenvalue weighted by Crippen LogP contribution is -2.18. The Bertz CT molecular complexity index is 580. The van der Waals surface area contributed by atoms with Gasteiger partial charge in [-0.3, -0.25) is 4.79 Å². The summed E-state index contributed by atoms with van der Waals surface area (Å²) in [7, 11) is 0. The van der Waals surface area contributed by atoms with Crippen molar-refractivity contribution in [3.8, 4) is 0 Å². The highest BCUT2D eigenvalue weighted by Crippen LogP contribution is 2.21. The molecule has 0 heterocycles. The molecular formula is C17H16O2. The molecule has 0 saturated carbocycles. The number of aldehydes is 1. The van der Waals surface area contributed by atoms with E-state index in [9.17, 15) is 9.59 Å². The second-order valence-electron chi connectivity index (χ2n) is 5.11. The summed E-state index contributed by atoms with van der Waals surface area (Å²) in [5, 5.41) is 0. The van der Waals surface area contributed by atoms with Gasteiger partial charge in [-0.15, -0.1) is 0 Å². The van der Waals surface area contributed by atoms with Gasteiger partial charge in [-0.05, 0) is 19.4 Å². The Balaban J connectivity index is 2.29. The van der Waals surface area contributed by atoms with Crippen molar-refractivity contribution in [3.63, 3.8) is 0 Å². The van der Waals surface area contributed by atoms with Crippen molar-refractivity contribution in [2.75, 3.05) is 0 Å². The topological polar surface area (TPSA) is 34.1 Å². The number of hydrogen-bond acceptors (Lipinski definition) is 2. The van der Waals surface area contributed by atoms with E-state index >= 15 is 0 Å². The van der Waals surface area contributed by atoms with Gasteiger partial charge in [0.15, 0.2) is 5.78 Å². The number of hydrogen-bond donors (Lipinski definition) is 0. The molecule has 96 valence electrons. The van der Waals surface area contributed by atoms with Crippen LogP contribution in [0, 0.1) is 0 Å². The van der Waals surface area contributed by atoms with Crippen molar-refractivity contribution >= 4 is 12.1 Å². The first kappa shape index (κ1) is 13.2. The van der Waals surface area contributed by atoms with E-state index in [0.717, 1.165) is 11.8 Å². The van der Waals surface area contributed by atoms with Gasteiger partial charge in [0.1, 0.15) is 6.29 Å². The van der Waals surface area contributed by atoms with Crippen LogP contribution in [0.15, 0.2) is 54.6 Å². The first-order valence-electron chi connectivity index (χ1n) is 6.21. The molecule has 0 aromatic heterocycles. The van der Waals surface area contributed by atoms with Gasteiger partial charge in [0, 0.05) is 16.5 Å². The van der Waals surface area contributed by atoms with Crippen LogP contribution in [-0.4, -0.2) is 12.1 Å². The third kappa shape index (κ3) is 2.79. The maximum absolute atomic E-state index is 12.2. The van der Waals surface area contributed by atoms with Gasteiger partial charge in [-0.25, -0.2) is 0 Å². The molecule has 0 spiro atoms. The first-order chi connectivity index (χ1) is 9.04. The minimum absolute atomic E-state index is 0.00365. The van der Waals surface area contributed by atoms with E-state index in [1.54, 1.807) is 24.3 Å². The first-order valence-corrected chi connectivity index (χ1v) is 6.21. The second-order valence-corrected chi connectivity index (χ2v) is 5.11. The molecule has 0 saturated heterocycles. The van der Waals surface area contributed by atoms with Crippen LogP contribution >= 0.6 is 0 Å². The lowest BCUT2D eigenvalue weighted by Gasteiger charge is -2.17. The maximum Gasteiger partial charge on any atom is 0.193 e. The Morgan fingerprint density at radius 2 is 1.42 bits per heavy atom. The molecule has 19 heavy (non-hydrogen) atoms. The average molecular weight is 252 g/mol. The number of carbonyl (C=O) groups excluding carboxylic acids is 2. The largest absolute Gasteiger partial charge is 0.302 e. The van der Waals surface area contributed by atoms with Crippen LogP contribution in [0.2, 0.25) is 0 Å². The van der Waals surface area contributed by atoms with Crippen LogP contribution in [-0.2, 0) is 10.2 Å². The van der Waals surface area contributed by atoms with E-state index in [1.165, 1.54) is 0 Å². The zero-order chi connectivity index (χ0) is 13.9. The Morgan fingerprint density at radius 3 is 1.95 bits per heavy atom. The molecule has 0 fully saturated rings. The van der Waals surface area contributed by atoms with E-state index in [-0.39, 0.29) is 5.78 Å². The molecule has 0 bridgehead atoms. The zero-order valence-corrected chi connectivity index (χ0v) is 11.1. The van der Waals surface area contributed by atoms with Crippen molar-refractivity contribution in [3.05, 3.63) is 71.3 Å². The van der Waals surface area contributed by atoms with Crippen LogP contribution in [0.4, 0.5) is 0 Å².